The minimum absolute atomic E-state index is 0.134. The molecule has 0 bridgehead atoms. The second-order valence-electron chi connectivity index (χ2n) is 3.23. The van der Waals surface area contributed by atoms with Gasteiger partial charge in [0.15, 0.2) is 0 Å². The molecule has 0 radical (unpaired) electrons. The van der Waals surface area contributed by atoms with E-state index < -0.39 is 0 Å². The topological polar surface area (TPSA) is 38.1 Å². The van der Waals surface area contributed by atoms with E-state index in [1.165, 1.54) is 0 Å². The number of amides is 1. The van der Waals surface area contributed by atoms with Crippen LogP contribution >= 0.6 is 0 Å². The van der Waals surface area contributed by atoms with Crippen molar-refractivity contribution in [2.45, 2.75) is 19.9 Å². The van der Waals surface area contributed by atoms with Gasteiger partial charge in [-0.1, -0.05) is 0 Å². The Morgan fingerprint density at radius 3 is 2.77 bits per heavy atom. The van der Waals surface area contributed by atoms with Gasteiger partial charge in [0.25, 0.3) is 0 Å². The molecule has 1 rings (SSSR count). The maximum atomic E-state index is 11.2. The van der Waals surface area contributed by atoms with Gasteiger partial charge in [-0.05, 0) is 13.0 Å². The third-order valence-electron chi connectivity index (χ3n) is 1.97. The molecule has 0 unspecified atom stereocenters. The molecule has 0 aliphatic carbocycles. The molecule has 72 valence electrons. The summed E-state index contributed by atoms with van der Waals surface area (Å²) in [6.45, 7) is 2.64. The standard InChI is InChI=1S/C9H15N3O/c1-8-4-6-10-12(8)7-5-9(13)11(2)3/h4,6H,5,7H2,1-3H3. The van der Waals surface area contributed by atoms with E-state index in [-0.39, 0.29) is 5.91 Å². The maximum absolute atomic E-state index is 11.2. The predicted molar refractivity (Wildman–Crippen MR) is 50.3 cm³/mol. The Balaban J connectivity index is 2.44. The second kappa shape index (κ2) is 4.07. The van der Waals surface area contributed by atoms with Crippen molar-refractivity contribution in [2.24, 2.45) is 0 Å². The molecule has 0 saturated carbocycles. The summed E-state index contributed by atoms with van der Waals surface area (Å²) in [5, 5.41) is 4.09. The van der Waals surface area contributed by atoms with E-state index >= 15 is 0 Å². The van der Waals surface area contributed by atoms with Crippen molar-refractivity contribution in [1.82, 2.24) is 14.7 Å². The summed E-state index contributed by atoms with van der Waals surface area (Å²) in [7, 11) is 3.52. The average Bonchev–Trinajstić information content (AvgIpc) is 2.47. The van der Waals surface area contributed by atoms with Gasteiger partial charge in [-0.25, -0.2) is 0 Å². The highest BCUT2D eigenvalue weighted by Gasteiger charge is 2.04. The second-order valence-corrected chi connectivity index (χ2v) is 3.23. The summed E-state index contributed by atoms with van der Waals surface area (Å²) in [4.78, 5) is 12.8. The Morgan fingerprint density at radius 1 is 1.62 bits per heavy atom. The highest BCUT2D eigenvalue weighted by atomic mass is 16.2. The fraction of sp³-hybridized carbons (Fsp3) is 0.556. The lowest BCUT2D eigenvalue weighted by Gasteiger charge is -2.10. The fourth-order valence-corrected chi connectivity index (χ4v) is 1.06. The lowest BCUT2D eigenvalue weighted by atomic mass is 10.3. The Morgan fingerprint density at radius 2 is 2.31 bits per heavy atom. The Hall–Kier alpha value is -1.32. The lowest BCUT2D eigenvalue weighted by Crippen LogP contribution is -2.23. The van der Waals surface area contributed by atoms with Crippen LogP contribution in [0.3, 0.4) is 0 Å². The SMILES string of the molecule is Cc1ccnn1CCC(=O)N(C)C. The van der Waals surface area contributed by atoms with Crippen LogP contribution in [-0.4, -0.2) is 34.7 Å². The highest BCUT2D eigenvalue weighted by molar-refractivity contribution is 5.75. The number of carbonyl (C=O) groups excluding carboxylic acids is 1. The van der Waals surface area contributed by atoms with E-state index in [1.54, 1.807) is 25.2 Å². The predicted octanol–water partition coefficient (Wildman–Crippen LogP) is 0.670. The minimum Gasteiger partial charge on any atom is -0.349 e. The van der Waals surface area contributed by atoms with Gasteiger partial charge in [-0.15, -0.1) is 0 Å². The van der Waals surface area contributed by atoms with Crippen molar-refractivity contribution < 1.29 is 4.79 Å². The smallest absolute Gasteiger partial charge is 0.223 e. The van der Waals surface area contributed by atoms with Gasteiger partial charge in [-0.2, -0.15) is 5.10 Å². The average molecular weight is 181 g/mol. The van der Waals surface area contributed by atoms with Crippen LogP contribution in [0.15, 0.2) is 12.3 Å². The molecule has 4 heteroatoms. The van der Waals surface area contributed by atoms with E-state index in [0.717, 1.165) is 5.69 Å². The van der Waals surface area contributed by atoms with E-state index in [1.807, 2.05) is 17.7 Å². The molecule has 1 amide bonds. The van der Waals surface area contributed by atoms with Crippen LogP contribution in [0, 0.1) is 6.92 Å². The normalized spacial score (nSPS) is 10.1. The van der Waals surface area contributed by atoms with E-state index in [9.17, 15) is 4.79 Å². The van der Waals surface area contributed by atoms with Crippen LogP contribution in [0.5, 0.6) is 0 Å². The molecule has 1 aromatic heterocycles. The Bertz CT molecular complexity index is 291. The molecule has 0 saturated heterocycles. The van der Waals surface area contributed by atoms with Gasteiger partial charge < -0.3 is 4.90 Å². The molecule has 0 spiro atoms. The van der Waals surface area contributed by atoms with Crippen molar-refractivity contribution in [3.8, 4) is 0 Å². The van der Waals surface area contributed by atoms with Gasteiger partial charge in [0.2, 0.25) is 5.91 Å². The summed E-state index contributed by atoms with van der Waals surface area (Å²) in [5.74, 6) is 0.134. The zero-order valence-electron chi connectivity index (χ0n) is 8.32. The third-order valence-corrected chi connectivity index (χ3v) is 1.97. The monoisotopic (exact) mass is 181 g/mol. The van der Waals surface area contributed by atoms with E-state index in [2.05, 4.69) is 5.10 Å². The van der Waals surface area contributed by atoms with Crippen molar-refractivity contribution in [3.05, 3.63) is 18.0 Å². The lowest BCUT2D eigenvalue weighted by molar-refractivity contribution is -0.128. The first kappa shape index (κ1) is 9.77. The molecular formula is C9H15N3O. The first-order chi connectivity index (χ1) is 6.11. The fourth-order valence-electron chi connectivity index (χ4n) is 1.06. The molecule has 4 nitrogen and oxygen atoms in total. The van der Waals surface area contributed by atoms with Gasteiger partial charge >= 0.3 is 0 Å². The molecule has 0 N–H and O–H groups in total. The van der Waals surface area contributed by atoms with Crippen LogP contribution < -0.4 is 0 Å². The van der Waals surface area contributed by atoms with Crippen molar-refractivity contribution in [1.29, 1.82) is 0 Å². The highest BCUT2D eigenvalue weighted by Crippen LogP contribution is 1.98. The number of aromatic nitrogens is 2. The van der Waals surface area contributed by atoms with Crippen molar-refractivity contribution in [3.63, 3.8) is 0 Å². The van der Waals surface area contributed by atoms with Gasteiger partial charge in [0.1, 0.15) is 0 Å². The first-order valence-corrected chi connectivity index (χ1v) is 4.30. The first-order valence-electron chi connectivity index (χ1n) is 4.30. The molecular weight excluding hydrogens is 166 g/mol. The van der Waals surface area contributed by atoms with Crippen LogP contribution in [0.1, 0.15) is 12.1 Å². The van der Waals surface area contributed by atoms with Gasteiger partial charge in [0.05, 0.1) is 0 Å². The Kier molecular flexibility index (Phi) is 3.06. The number of hydrogen-bond donors (Lipinski definition) is 0. The summed E-state index contributed by atoms with van der Waals surface area (Å²) in [6, 6.07) is 1.93. The van der Waals surface area contributed by atoms with Crippen LogP contribution in [0.2, 0.25) is 0 Å². The molecule has 0 aromatic carbocycles. The van der Waals surface area contributed by atoms with E-state index in [4.69, 9.17) is 0 Å². The summed E-state index contributed by atoms with van der Waals surface area (Å²) in [5.41, 5.74) is 1.09. The molecule has 1 heterocycles. The third kappa shape index (κ3) is 2.57. The molecule has 13 heavy (non-hydrogen) atoms. The number of carbonyl (C=O) groups is 1. The van der Waals surface area contributed by atoms with Crippen LogP contribution in [0.25, 0.3) is 0 Å². The molecule has 0 aliphatic rings. The zero-order chi connectivity index (χ0) is 9.84. The maximum Gasteiger partial charge on any atom is 0.223 e. The van der Waals surface area contributed by atoms with Crippen molar-refractivity contribution in [2.75, 3.05) is 14.1 Å². The molecule has 0 aliphatic heterocycles. The number of nitrogens with zero attached hydrogens (tertiary/aromatic N) is 3. The molecule has 0 atom stereocenters. The van der Waals surface area contributed by atoms with Crippen LogP contribution in [-0.2, 0) is 11.3 Å². The summed E-state index contributed by atoms with van der Waals surface area (Å²) < 4.78 is 1.83. The number of aryl methyl sites for hydroxylation is 2. The molecule has 0 fully saturated rings. The van der Waals surface area contributed by atoms with Gasteiger partial charge in [0, 0.05) is 39.0 Å². The molecule has 1 aromatic rings. The summed E-state index contributed by atoms with van der Waals surface area (Å²) in [6.07, 6.45) is 2.25. The largest absolute Gasteiger partial charge is 0.349 e. The van der Waals surface area contributed by atoms with E-state index in [0.29, 0.717) is 13.0 Å². The Labute approximate surface area is 78.1 Å². The van der Waals surface area contributed by atoms with Crippen molar-refractivity contribution >= 4 is 5.91 Å². The van der Waals surface area contributed by atoms with Gasteiger partial charge in [-0.3, -0.25) is 9.48 Å². The minimum atomic E-state index is 0.134. The summed E-state index contributed by atoms with van der Waals surface area (Å²) >= 11 is 0. The quantitative estimate of drug-likeness (QED) is 0.687. The van der Waals surface area contributed by atoms with Crippen LogP contribution in [0.4, 0.5) is 0 Å². The number of hydrogen-bond acceptors (Lipinski definition) is 2. The zero-order valence-corrected chi connectivity index (χ0v) is 8.32. The number of rotatable bonds is 3.